The molecule has 0 fully saturated rings. The van der Waals surface area contributed by atoms with E-state index >= 15 is 0 Å². The SMILES string of the molecule is O=C1CC(=C2C=CN=N2)N=N1. The monoisotopic (exact) mass is 148 g/mol. The highest BCUT2D eigenvalue weighted by Gasteiger charge is 2.16. The van der Waals surface area contributed by atoms with Gasteiger partial charge in [0.15, 0.2) is 0 Å². The Labute approximate surface area is 62.2 Å². The third-order valence-corrected chi connectivity index (χ3v) is 1.36. The highest BCUT2D eigenvalue weighted by Crippen LogP contribution is 2.22. The van der Waals surface area contributed by atoms with Crippen molar-refractivity contribution in [3.63, 3.8) is 0 Å². The van der Waals surface area contributed by atoms with Crippen LogP contribution in [0, 0.1) is 0 Å². The lowest BCUT2D eigenvalue weighted by Crippen LogP contribution is -1.85. The minimum Gasteiger partial charge on any atom is -0.270 e. The summed E-state index contributed by atoms with van der Waals surface area (Å²) in [5.74, 6) is -0.219. The minimum absolute atomic E-state index is 0.219. The highest BCUT2D eigenvalue weighted by molar-refractivity contribution is 5.81. The Kier molecular flexibility index (Phi) is 1.21. The second-order valence-electron chi connectivity index (χ2n) is 2.13. The Hall–Kier alpha value is -1.65. The molecule has 2 aliphatic rings. The van der Waals surface area contributed by atoms with Crippen LogP contribution in [0.3, 0.4) is 0 Å². The van der Waals surface area contributed by atoms with Gasteiger partial charge in [0.05, 0.1) is 12.6 Å². The van der Waals surface area contributed by atoms with Crippen LogP contribution >= 0.6 is 0 Å². The van der Waals surface area contributed by atoms with Crippen LogP contribution in [0.25, 0.3) is 0 Å². The number of hydrogen-bond donors (Lipinski definition) is 0. The summed E-state index contributed by atoms with van der Waals surface area (Å²) in [6.45, 7) is 0. The van der Waals surface area contributed by atoms with E-state index in [0.29, 0.717) is 11.4 Å². The number of rotatable bonds is 0. The lowest BCUT2D eigenvalue weighted by Gasteiger charge is -1.87. The van der Waals surface area contributed by atoms with E-state index in [-0.39, 0.29) is 12.3 Å². The van der Waals surface area contributed by atoms with Gasteiger partial charge in [-0.2, -0.15) is 5.11 Å². The van der Waals surface area contributed by atoms with Crippen molar-refractivity contribution in [2.75, 3.05) is 0 Å². The van der Waals surface area contributed by atoms with E-state index in [9.17, 15) is 4.79 Å². The number of carbonyl (C=O) groups excluding carboxylic acids is 1. The van der Waals surface area contributed by atoms with E-state index in [2.05, 4.69) is 20.5 Å². The van der Waals surface area contributed by atoms with Crippen LogP contribution in [-0.4, -0.2) is 5.91 Å². The van der Waals surface area contributed by atoms with Crippen molar-refractivity contribution >= 4 is 5.91 Å². The molecule has 0 aliphatic carbocycles. The zero-order valence-corrected chi connectivity index (χ0v) is 5.56. The molecular weight excluding hydrogens is 144 g/mol. The molecule has 1 amide bonds. The van der Waals surface area contributed by atoms with Crippen LogP contribution in [0.4, 0.5) is 0 Å². The first kappa shape index (κ1) is 6.09. The lowest BCUT2D eigenvalue weighted by atomic mass is 10.2. The van der Waals surface area contributed by atoms with Crippen molar-refractivity contribution in [1.82, 2.24) is 0 Å². The fraction of sp³-hybridized carbons (Fsp3) is 0.167. The Morgan fingerprint density at radius 1 is 1.27 bits per heavy atom. The van der Waals surface area contributed by atoms with Gasteiger partial charge in [-0.05, 0) is 6.08 Å². The molecule has 54 valence electrons. The van der Waals surface area contributed by atoms with Gasteiger partial charge in [-0.3, -0.25) is 4.79 Å². The van der Waals surface area contributed by atoms with E-state index in [4.69, 9.17) is 0 Å². The normalized spacial score (nSPS) is 27.5. The molecule has 0 N–H and O–H groups in total. The van der Waals surface area contributed by atoms with Crippen LogP contribution in [0.1, 0.15) is 6.42 Å². The highest BCUT2D eigenvalue weighted by atomic mass is 16.2. The molecule has 0 aromatic carbocycles. The first-order chi connectivity index (χ1) is 5.36. The standard InChI is InChI=1S/C6H4N4O/c11-6-3-5(9-10-6)4-1-2-7-8-4/h1-2H,3H2. The molecule has 0 aromatic heterocycles. The van der Waals surface area contributed by atoms with Gasteiger partial charge in [0, 0.05) is 0 Å². The predicted molar refractivity (Wildman–Crippen MR) is 35.5 cm³/mol. The minimum atomic E-state index is -0.219. The lowest BCUT2D eigenvalue weighted by molar-refractivity contribution is -0.116. The molecule has 11 heavy (non-hydrogen) atoms. The molecular formula is C6H4N4O. The van der Waals surface area contributed by atoms with E-state index in [1.807, 2.05) is 0 Å². The predicted octanol–water partition coefficient (Wildman–Crippen LogP) is 1.56. The van der Waals surface area contributed by atoms with E-state index < -0.39 is 0 Å². The molecule has 5 nitrogen and oxygen atoms in total. The van der Waals surface area contributed by atoms with Crippen molar-refractivity contribution in [3.8, 4) is 0 Å². The quantitative estimate of drug-likeness (QED) is 0.514. The summed E-state index contributed by atoms with van der Waals surface area (Å²) in [4.78, 5) is 10.6. The van der Waals surface area contributed by atoms with Gasteiger partial charge >= 0.3 is 0 Å². The summed E-state index contributed by atoms with van der Waals surface area (Å²) in [7, 11) is 0. The molecule has 2 heterocycles. The van der Waals surface area contributed by atoms with Crippen LogP contribution < -0.4 is 0 Å². The second-order valence-corrected chi connectivity index (χ2v) is 2.13. The van der Waals surface area contributed by atoms with Crippen molar-refractivity contribution in [2.45, 2.75) is 6.42 Å². The first-order valence-electron chi connectivity index (χ1n) is 3.11. The number of nitrogens with zero attached hydrogens (tertiary/aromatic N) is 4. The summed E-state index contributed by atoms with van der Waals surface area (Å²) in [5, 5.41) is 14.4. The second kappa shape index (κ2) is 2.19. The van der Waals surface area contributed by atoms with E-state index in [0.717, 1.165) is 0 Å². The smallest absolute Gasteiger partial charge is 0.270 e. The first-order valence-corrected chi connectivity index (χ1v) is 3.11. The van der Waals surface area contributed by atoms with E-state index in [1.165, 1.54) is 0 Å². The summed E-state index contributed by atoms with van der Waals surface area (Å²) in [6, 6.07) is 0. The molecule has 0 spiro atoms. The summed E-state index contributed by atoms with van der Waals surface area (Å²) in [6.07, 6.45) is 3.51. The Morgan fingerprint density at radius 3 is 2.73 bits per heavy atom. The number of azo groups is 2. The van der Waals surface area contributed by atoms with Crippen molar-refractivity contribution < 1.29 is 4.79 Å². The zero-order chi connectivity index (χ0) is 7.68. The molecule has 0 unspecified atom stereocenters. The number of amides is 1. The molecule has 0 aromatic rings. The summed E-state index contributed by atoms with van der Waals surface area (Å²) < 4.78 is 0. The molecule has 2 rings (SSSR count). The van der Waals surface area contributed by atoms with Gasteiger partial charge < -0.3 is 0 Å². The Bertz CT molecular complexity index is 309. The van der Waals surface area contributed by atoms with E-state index in [1.54, 1.807) is 12.3 Å². The van der Waals surface area contributed by atoms with Gasteiger partial charge in [0.2, 0.25) is 0 Å². The van der Waals surface area contributed by atoms with Crippen molar-refractivity contribution in [3.05, 3.63) is 23.7 Å². The van der Waals surface area contributed by atoms with Gasteiger partial charge in [-0.1, -0.05) is 0 Å². The number of hydrogen-bond acceptors (Lipinski definition) is 4. The average molecular weight is 148 g/mol. The van der Waals surface area contributed by atoms with Crippen LogP contribution in [0.2, 0.25) is 0 Å². The number of allylic oxidation sites excluding steroid dienone is 1. The van der Waals surface area contributed by atoms with Crippen molar-refractivity contribution in [2.24, 2.45) is 20.5 Å². The molecule has 0 radical (unpaired) electrons. The summed E-state index contributed by atoms with van der Waals surface area (Å²) >= 11 is 0. The van der Waals surface area contributed by atoms with Gasteiger partial charge in [0.1, 0.15) is 11.4 Å². The van der Waals surface area contributed by atoms with Crippen LogP contribution in [0.15, 0.2) is 44.1 Å². The summed E-state index contributed by atoms with van der Waals surface area (Å²) in [5.41, 5.74) is 1.24. The molecule has 5 heteroatoms. The third kappa shape index (κ3) is 1.000. The van der Waals surface area contributed by atoms with Crippen LogP contribution in [0.5, 0.6) is 0 Å². The average Bonchev–Trinajstić information content (AvgIpc) is 2.55. The maximum Gasteiger partial charge on any atom is 0.270 e. The molecule has 0 atom stereocenters. The van der Waals surface area contributed by atoms with Crippen molar-refractivity contribution in [1.29, 1.82) is 0 Å². The number of carbonyl (C=O) groups is 1. The fourth-order valence-electron chi connectivity index (χ4n) is 0.859. The Balaban J connectivity index is 2.36. The maximum atomic E-state index is 10.6. The largest absolute Gasteiger partial charge is 0.270 e. The fourth-order valence-corrected chi connectivity index (χ4v) is 0.859. The molecule has 0 bridgehead atoms. The van der Waals surface area contributed by atoms with Gasteiger partial charge in [-0.15, -0.1) is 15.3 Å². The zero-order valence-electron chi connectivity index (χ0n) is 5.56. The molecule has 0 saturated carbocycles. The Morgan fingerprint density at radius 2 is 2.18 bits per heavy atom. The van der Waals surface area contributed by atoms with Gasteiger partial charge in [-0.25, -0.2) is 0 Å². The van der Waals surface area contributed by atoms with Gasteiger partial charge in [0.25, 0.3) is 5.91 Å². The van der Waals surface area contributed by atoms with Crippen LogP contribution in [-0.2, 0) is 4.79 Å². The molecule has 0 saturated heterocycles. The third-order valence-electron chi connectivity index (χ3n) is 1.36. The maximum absolute atomic E-state index is 10.6. The topological polar surface area (TPSA) is 66.5 Å². The molecule has 2 aliphatic heterocycles.